The number of hydrogen-bond donors (Lipinski definition) is 1. The third-order valence-corrected chi connectivity index (χ3v) is 7.72. The number of aromatic nitrogens is 1. The summed E-state index contributed by atoms with van der Waals surface area (Å²) in [4.78, 5) is 17.6. The fourth-order valence-corrected chi connectivity index (χ4v) is 5.93. The summed E-state index contributed by atoms with van der Waals surface area (Å²) < 4.78 is 55.5. The maximum absolute atomic E-state index is 13.9. The van der Waals surface area contributed by atoms with Crippen LogP contribution in [0.3, 0.4) is 0 Å². The van der Waals surface area contributed by atoms with Crippen molar-refractivity contribution in [3.05, 3.63) is 58.1 Å². The van der Waals surface area contributed by atoms with Crippen LogP contribution in [0.4, 0.5) is 23.2 Å². The zero-order chi connectivity index (χ0) is 23.8. The molecule has 1 aromatic carbocycles. The smallest absolute Gasteiger partial charge is 0.380 e. The van der Waals surface area contributed by atoms with E-state index in [0.717, 1.165) is 27.5 Å². The molecule has 1 aliphatic heterocycles. The van der Waals surface area contributed by atoms with Crippen LogP contribution in [-0.4, -0.2) is 46.6 Å². The summed E-state index contributed by atoms with van der Waals surface area (Å²) in [7, 11) is 1.20. The number of carbonyl (C=O) groups is 1. The molecule has 1 aromatic heterocycles. The van der Waals surface area contributed by atoms with Crippen LogP contribution in [0.1, 0.15) is 35.7 Å². The second kappa shape index (κ2) is 9.70. The summed E-state index contributed by atoms with van der Waals surface area (Å²) in [5, 5.41) is 3.35. The first-order chi connectivity index (χ1) is 15.6. The van der Waals surface area contributed by atoms with Crippen molar-refractivity contribution < 1.29 is 22.4 Å². The van der Waals surface area contributed by atoms with Crippen molar-refractivity contribution in [2.75, 3.05) is 23.9 Å². The van der Waals surface area contributed by atoms with Gasteiger partial charge in [0.2, 0.25) is 5.91 Å². The number of carbonyl (C=O) groups excluding carboxylic acids is 1. The van der Waals surface area contributed by atoms with Gasteiger partial charge in [0.1, 0.15) is 5.82 Å². The highest BCUT2D eigenvalue weighted by Crippen LogP contribution is 2.38. The second-order valence-electron chi connectivity index (χ2n) is 8.50. The molecule has 178 valence electrons. The Morgan fingerprint density at radius 2 is 1.94 bits per heavy atom. The molecule has 10 heteroatoms. The maximum atomic E-state index is 13.9. The van der Waals surface area contributed by atoms with Gasteiger partial charge in [-0.05, 0) is 66.5 Å². The number of alkyl halides is 3. The van der Waals surface area contributed by atoms with Crippen LogP contribution in [0.15, 0.2) is 30.5 Å². The van der Waals surface area contributed by atoms with Gasteiger partial charge in [0.25, 0.3) is 0 Å². The number of fused-ring (bicyclic) bond motifs is 1. The van der Waals surface area contributed by atoms with Crippen LogP contribution in [0, 0.1) is 11.7 Å². The average Bonchev–Trinajstić information content (AvgIpc) is 3.20. The highest BCUT2D eigenvalue weighted by Gasteiger charge is 2.47. The third kappa shape index (κ3) is 5.24. The number of hydrogen-bond acceptors (Lipinski definition) is 4. The Morgan fingerprint density at radius 3 is 2.58 bits per heavy atom. The van der Waals surface area contributed by atoms with Gasteiger partial charge >= 0.3 is 6.18 Å². The molecule has 4 rings (SSSR count). The van der Waals surface area contributed by atoms with Crippen LogP contribution < -0.4 is 5.32 Å². The van der Waals surface area contributed by atoms with Gasteiger partial charge in [-0.1, -0.05) is 17.7 Å². The Morgan fingerprint density at radius 1 is 1.21 bits per heavy atom. The largest absolute Gasteiger partial charge is 0.414 e. The summed E-state index contributed by atoms with van der Waals surface area (Å²) >= 11 is 7.77. The molecule has 2 unspecified atom stereocenters. The van der Waals surface area contributed by atoms with Gasteiger partial charge in [0, 0.05) is 19.0 Å². The minimum Gasteiger partial charge on any atom is -0.380 e. The van der Waals surface area contributed by atoms with Crippen molar-refractivity contribution in [2.24, 2.45) is 5.92 Å². The van der Waals surface area contributed by atoms with Gasteiger partial charge in [-0.3, -0.25) is 9.78 Å². The molecule has 2 aliphatic rings. The lowest BCUT2D eigenvalue weighted by molar-refractivity contribution is -0.191. The molecule has 1 amide bonds. The fraction of sp³-hybridized carbons (Fsp3) is 0.478. The van der Waals surface area contributed by atoms with E-state index in [4.69, 9.17) is 11.6 Å². The van der Waals surface area contributed by atoms with Gasteiger partial charge in [-0.2, -0.15) is 24.9 Å². The number of pyridine rings is 1. The van der Waals surface area contributed by atoms with Crippen molar-refractivity contribution in [2.45, 2.75) is 43.9 Å². The molecule has 1 N–H and O–H groups in total. The van der Waals surface area contributed by atoms with E-state index in [1.54, 1.807) is 17.8 Å². The molecule has 0 radical (unpaired) electrons. The Bertz CT molecular complexity index is 1010. The molecule has 33 heavy (non-hydrogen) atoms. The number of benzene rings is 1. The van der Waals surface area contributed by atoms with Crippen molar-refractivity contribution in [1.82, 2.24) is 9.88 Å². The minimum atomic E-state index is -4.65. The van der Waals surface area contributed by atoms with Crippen molar-refractivity contribution in [3.63, 3.8) is 0 Å². The molecule has 0 bridgehead atoms. The van der Waals surface area contributed by atoms with Gasteiger partial charge in [0.15, 0.2) is 6.04 Å². The molecular weight excluding hydrogens is 478 g/mol. The summed E-state index contributed by atoms with van der Waals surface area (Å²) in [6.07, 6.45) is -0.994. The molecule has 2 heterocycles. The SMILES string of the molecule is CN(C(=O)C1CCSCC1)C(c1ccc(NC2Cc3ccc(F)c(Cl)c3C2)cn1)C(F)(F)F. The number of nitrogens with zero attached hydrogens (tertiary/aromatic N) is 2. The number of nitrogens with one attached hydrogen (secondary N) is 1. The highest BCUT2D eigenvalue weighted by molar-refractivity contribution is 7.99. The van der Waals surface area contributed by atoms with Crippen molar-refractivity contribution in [3.8, 4) is 0 Å². The Labute approximate surface area is 199 Å². The normalized spacial score (nSPS) is 19.8. The molecule has 0 saturated carbocycles. The molecule has 1 fully saturated rings. The number of rotatable bonds is 5. The molecule has 4 nitrogen and oxygen atoms in total. The maximum Gasteiger partial charge on any atom is 0.414 e. The lowest BCUT2D eigenvalue weighted by Crippen LogP contribution is -2.43. The van der Waals surface area contributed by atoms with E-state index in [1.165, 1.54) is 31.4 Å². The average molecular weight is 502 g/mol. The lowest BCUT2D eigenvalue weighted by Gasteiger charge is -2.33. The summed E-state index contributed by atoms with van der Waals surface area (Å²) in [6, 6.07) is 3.69. The van der Waals surface area contributed by atoms with Crippen LogP contribution in [0.25, 0.3) is 0 Å². The Kier molecular flexibility index (Phi) is 7.09. The molecule has 2 aromatic rings. The first-order valence-corrected chi connectivity index (χ1v) is 12.3. The predicted molar refractivity (Wildman–Crippen MR) is 122 cm³/mol. The summed E-state index contributed by atoms with van der Waals surface area (Å²) in [6.45, 7) is 0. The van der Waals surface area contributed by atoms with E-state index in [2.05, 4.69) is 10.3 Å². The quantitative estimate of drug-likeness (QED) is 0.537. The predicted octanol–water partition coefficient (Wildman–Crippen LogP) is 5.66. The molecule has 1 saturated heterocycles. The van der Waals surface area contributed by atoms with E-state index in [0.29, 0.717) is 31.4 Å². The van der Waals surface area contributed by atoms with E-state index in [1.807, 2.05) is 0 Å². The van der Waals surface area contributed by atoms with Gasteiger partial charge in [-0.25, -0.2) is 4.39 Å². The van der Waals surface area contributed by atoms with E-state index in [9.17, 15) is 22.4 Å². The standard InChI is InChI=1S/C23H24ClF4N3OS/c1-31(22(32)13-6-8-33-9-7-13)21(23(26,27)28)19-5-3-15(12-29-19)30-16-10-14-2-4-18(25)20(24)17(14)11-16/h2-5,12-13,16,21,30H,6-11H2,1H3. The highest BCUT2D eigenvalue weighted by atomic mass is 35.5. The fourth-order valence-electron chi connectivity index (χ4n) is 4.56. The van der Waals surface area contributed by atoms with Crippen molar-refractivity contribution >= 4 is 35.0 Å². The number of halogens is 5. The summed E-state index contributed by atoms with van der Waals surface area (Å²) in [5.41, 5.74) is 2.01. The van der Waals surface area contributed by atoms with E-state index >= 15 is 0 Å². The zero-order valence-electron chi connectivity index (χ0n) is 18.0. The monoisotopic (exact) mass is 501 g/mol. The van der Waals surface area contributed by atoms with E-state index in [-0.39, 0.29) is 22.7 Å². The Hall–Kier alpha value is -2.00. The van der Waals surface area contributed by atoms with Gasteiger partial charge < -0.3 is 10.2 Å². The van der Waals surface area contributed by atoms with Crippen LogP contribution in [0.2, 0.25) is 5.02 Å². The first-order valence-electron chi connectivity index (χ1n) is 10.7. The minimum absolute atomic E-state index is 0.0706. The van der Waals surface area contributed by atoms with Crippen LogP contribution >= 0.6 is 23.4 Å². The first kappa shape index (κ1) is 24.1. The molecule has 2 atom stereocenters. The van der Waals surface area contributed by atoms with Crippen LogP contribution in [-0.2, 0) is 17.6 Å². The third-order valence-electron chi connectivity index (χ3n) is 6.26. The molecular formula is C23H24ClF4N3OS. The molecule has 0 spiro atoms. The van der Waals surface area contributed by atoms with Crippen LogP contribution in [0.5, 0.6) is 0 Å². The topological polar surface area (TPSA) is 45.2 Å². The number of amides is 1. The number of anilines is 1. The van der Waals surface area contributed by atoms with Gasteiger partial charge in [0.05, 0.1) is 22.6 Å². The summed E-state index contributed by atoms with van der Waals surface area (Å²) in [5.74, 6) is 0.216. The number of thioether (sulfide) groups is 1. The second-order valence-corrected chi connectivity index (χ2v) is 10.1. The van der Waals surface area contributed by atoms with Crippen molar-refractivity contribution in [1.29, 1.82) is 0 Å². The van der Waals surface area contributed by atoms with Gasteiger partial charge in [-0.15, -0.1) is 0 Å². The zero-order valence-corrected chi connectivity index (χ0v) is 19.5. The molecule has 1 aliphatic carbocycles. The Balaban J connectivity index is 1.47. The lowest BCUT2D eigenvalue weighted by atomic mass is 9.99. The van der Waals surface area contributed by atoms with E-state index < -0.39 is 23.9 Å².